The fraction of sp³-hybridized carbons (Fsp3) is 0.0909. The molecule has 1 aromatic heterocycles. The average molecular weight is 363 g/mol. The molecule has 18 heavy (non-hydrogen) atoms. The van der Waals surface area contributed by atoms with Gasteiger partial charge in [0.2, 0.25) is 0 Å². The van der Waals surface area contributed by atoms with Gasteiger partial charge in [-0.3, -0.25) is 0 Å². The van der Waals surface area contributed by atoms with Crippen molar-refractivity contribution in [3.63, 3.8) is 0 Å². The molecule has 0 radical (unpaired) electrons. The standard InChI is InChI=1S/C11H6BrCl2N3S/c12-8-1-6(3-15)10(2-9(8)13)16-4-7-5-17-11(14)18-7/h1-2,5,16H,4H2. The van der Waals surface area contributed by atoms with Crippen molar-refractivity contribution in [2.45, 2.75) is 6.54 Å². The lowest BCUT2D eigenvalue weighted by Gasteiger charge is -2.08. The van der Waals surface area contributed by atoms with E-state index in [9.17, 15) is 0 Å². The van der Waals surface area contributed by atoms with Crippen LogP contribution in [0, 0.1) is 11.3 Å². The van der Waals surface area contributed by atoms with Gasteiger partial charge in [0.25, 0.3) is 0 Å². The molecule has 0 fully saturated rings. The van der Waals surface area contributed by atoms with Crippen molar-refractivity contribution >= 4 is 56.2 Å². The largest absolute Gasteiger partial charge is 0.379 e. The first-order chi connectivity index (χ1) is 8.60. The Bertz CT molecular complexity index is 621. The van der Waals surface area contributed by atoms with Gasteiger partial charge in [0.15, 0.2) is 4.47 Å². The number of nitrogens with one attached hydrogen (secondary N) is 1. The number of hydrogen-bond acceptors (Lipinski definition) is 4. The summed E-state index contributed by atoms with van der Waals surface area (Å²) in [6.45, 7) is 0.553. The monoisotopic (exact) mass is 361 g/mol. The molecule has 0 aliphatic heterocycles. The van der Waals surface area contributed by atoms with Crippen LogP contribution in [0.25, 0.3) is 0 Å². The fourth-order valence-electron chi connectivity index (χ4n) is 1.33. The number of nitrogens with zero attached hydrogens (tertiary/aromatic N) is 2. The SMILES string of the molecule is N#Cc1cc(Br)c(Cl)cc1NCc1cnc(Cl)s1. The number of benzene rings is 1. The molecule has 3 nitrogen and oxygen atoms in total. The van der Waals surface area contributed by atoms with Crippen molar-refractivity contribution in [2.75, 3.05) is 5.32 Å². The molecule has 1 N–H and O–H groups in total. The van der Waals surface area contributed by atoms with Gasteiger partial charge < -0.3 is 5.32 Å². The summed E-state index contributed by atoms with van der Waals surface area (Å²) in [7, 11) is 0. The molecule has 0 bridgehead atoms. The Labute approximate surface area is 126 Å². The van der Waals surface area contributed by atoms with Crippen LogP contribution in [0.3, 0.4) is 0 Å². The lowest BCUT2D eigenvalue weighted by Crippen LogP contribution is -2.00. The molecule has 7 heteroatoms. The molecule has 92 valence electrons. The Morgan fingerprint density at radius 3 is 2.83 bits per heavy atom. The van der Waals surface area contributed by atoms with Crippen LogP contribution in [-0.4, -0.2) is 4.98 Å². The van der Waals surface area contributed by atoms with E-state index in [1.165, 1.54) is 11.3 Å². The Hall–Kier alpha value is -0.800. The zero-order chi connectivity index (χ0) is 13.1. The highest BCUT2D eigenvalue weighted by Gasteiger charge is 2.07. The van der Waals surface area contributed by atoms with E-state index in [0.717, 1.165) is 4.88 Å². The highest BCUT2D eigenvalue weighted by atomic mass is 79.9. The summed E-state index contributed by atoms with van der Waals surface area (Å²) < 4.78 is 1.20. The third kappa shape index (κ3) is 3.15. The minimum absolute atomic E-state index is 0.501. The van der Waals surface area contributed by atoms with Gasteiger partial charge in [-0.1, -0.05) is 23.2 Å². The van der Waals surface area contributed by atoms with E-state index in [-0.39, 0.29) is 0 Å². The molecule has 1 heterocycles. The Morgan fingerprint density at radius 1 is 1.44 bits per heavy atom. The van der Waals surface area contributed by atoms with E-state index in [4.69, 9.17) is 28.5 Å². The van der Waals surface area contributed by atoms with E-state index < -0.39 is 0 Å². The van der Waals surface area contributed by atoms with Gasteiger partial charge in [-0.25, -0.2) is 4.98 Å². The second kappa shape index (κ2) is 5.89. The molecule has 0 aliphatic rings. The third-order valence-electron chi connectivity index (χ3n) is 2.16. The summed E-state index contributed by atoms with van der Waals surface area (Å²) in [5.41, 5.74) is 1.22. The van der Waals surface area contributed by atoms with Crippen LogP contribution in [0.5, 0.6) is 0 Å². The van der Waals surface area contributed by atoms with Crippen molar-refractivity contribution in [1.82, 2.24) is 4.98 Å². The number of thiazole rings is 1. The van der Waals surface area contributed by atoms with Crippen molar-refractivity contribution in [2.24, 2.45) is 0 Å². The lowest BCUT2D eigenvalue weighted by atomic mass is 10.2. The fourth-order valence-corrected chi connectivity index (χ4v) is 2.76. The first-order valence-corrected chi connectivity index (χ1v) is 7.20. The van der Waals surface area contributed by atoms with Gasteiger partial charge in [0.1, 0.15) is 6.07 Å². The zero-order valence-electron chi connectivity index (χ0n) is 8.88. The van der Waals surface area contributed by atoms with Gasteiger partial charge in [0.05, 0.1) is 22.8 Å². The van der Waals surface area contributed by atoms with E-state index in [1.807, 2.05) is 0 Å². The summed E-state index contributed by atoms with van der Waals surface area (Å²) in [4.78, 5) is 4.94. The smallest absolute Gasteiger partial charge is 0.183 e. The highest BCUT2D eigenvalue weighted by Crippen LogP contribution is 2.29. The average Bonchev–Trinajstić information content (AvgIpc) is 2.76. The molecule has 0 atom stereocenters. The number of halogens is 3. The quantitative estimate of drug-likeness (QED) is 0.861. The Kier molecular flexibility index (Phi) is 4.46. The molecule has 0 unspecified atom stereocenters. The summed E-state index contributed by atoms with van der Waals surface area (Å²) in [6, 6.07) is 5.52. The number of hydrogen-bond donors (Lipinski definition) is 1. The second-order valence-corrected chi connectivity index (χ2v) is 6.32. The topological polar surface area (TPSA) is 48.7 Å². The van der Waals surface area contributed by atoms with Crippen molar-refractivity contribution in [3.05, 3.63) is 42.7 Å². The Morgan fingerprint density at radius 2 is 2.22 bits per heavy atom. The molecular formula is C11H6BrCl2N3S. The number of aromatic nitrogens is 1. The maximum Gasteiger partial charge on any atom is 0.183 e. The molecular weight excluding hydrogens is 357 g/mol. The summed E-state index contributed by atoms with van der Waals surface area (Å²) in [5, 5.41) is 12.8. The normalized spacial score (nSPS) is 10.1. The molecule has 0 aliphatic carbocycles. The number of nitriles is 1. The van der Waals surface area contributed by atoms with Crippen molar-refractivity contribution in [3.8, 4) is 6.07 Å². The molecule has 0 amide bonds. The van der Waals surface area contributed by atoms with Crippen molar-refractivity contribution in [1.29, 1.82) is 5.26 Å². The van der Waals surface area contributed by atoms with Crippen molar-refractivity contribution < 1.29 is 0 Å². The lowest BCUT2D eigenvalue weighted by molar-refractivity contribution is 1.17. The van der Waals surface area contributed by atoms with Gasteiger partial charge in [-0.05, 0) is 28.1 Å². The molecule has 1 aromatic carbocycles. The minimum atomic E-state index is 0.501. The second-order valence-electron chi connectivity index (χ2n) is 3.36. The van der Waals surface area contributed by atoms with E-state index in [0.29, 0.717) is 31.8 Å². The number of rotatable bonds is 3. The first kappa shape index (κ1) is 13.6. The van der Waals surface area contributed by atoms with Crippen LogP contribution in [0.15, 0.2) is 22.8 Å². The predicted molar refractivity (Wildman–Crippen MR) is 78.3 cm³/mol. The van der Waals surface area contributed by atoms with Gasteiger partial charge >= 0.3 is 0 Å². The highest BCUT2D eigenvalue weighted by molar-refractivity contribution is 9.10. The maximum absolute atomic E-state index is 9.05. The van der Waals surface area contributed by atoms with Crippen LogP contribution >= 0.6 is 50.5 Å². The minimum Gasteiger partial charge on any atom is -0.379 e. The van der Waals surface area contributed by atoms with E-state index in [2.05, 4.69) is 32.3 Å². The van der Waals surface area contributed by atoms with Crippen LogP contribution in [0.1, 0.15) is 10.4 Å². The summed E-state index contributed by atoms with van der Waals surface area (Å²) in [6.07, 6.45) is 1.70. The van der Waals surface area contributed by atoms with Gasteiger partial charge in [-0.2, -0.15) is 5.26 Å². The maximum atomic E-state index is 9.05. The molecule has 0 spiro atoms. The van der Waals surface area contributed by atoms with Gasteiger partial charge in [0, 0.05) is 15.5 Å². The number of anilines is 1. The molecule has 0 saturated heterocycles. The van der Waals surface area contributed by atoms with Crippen LogP contribution in [0.2, 0.25) is 9.49 Å². The van der Waals surface area contributed by atoms with Crippen LogP contribution in [-0.2, 0) is 6.54 Å². The van der Waals surface area contributed by atoms with E-state index >= 15 is 0 Å². The van der Waals surface area contributed by atoms with Gasteiger partial charge in [-0.15, -0.1) is 11.3 Å². The Balaban J connectivity index is 2.19. The van der Waals surface area contributed by atoms with Crippen LogP contribution in [0.4, 0.5) is 5.69 Å². The molecule has 2 rings (SSSR count). The predicted octanol–water partition coefficient (Wildman–Crippen LogP) is 4.70. The molecule has 0 saturated carbocycles. The van der Waals surface area contributed by atoms with Crippen LogP contribution < -0.4 is 5.32 Å². The van der Waals surface area contributed by atoms with E-state index in [1.54, 1.807) is 18.3 Å². The third-order valence-corrected chi connectivity index (χ3v) is 4.47. The summed E-state index contributed by atoms with van der Waals surface area (Å²) in [5.74, 6) is 0. The first-order valence-electron chi connectivity index (χ1n) is 4.83. The zero-order valence-corrected chi connectivity index (χ0v) is 12.8. The molecule has 2 aromatic rings. The summed E-state index contributed by atoms with van der Waals surface area (Å²) >= 11 is 16.4.